The Kier molecular flexibility index (Phi) is 2.15. The van der Waals surface area contributed by atoms with Crippen LogP contribution in [-0.2, 0) is 0 Å². The highest BCUT2D eigenvalue weighted by atomic mass is 16.3. The average molecular weight is 278 g/mol. The SMILES string of the molecule is CC1(C)N=c2ccc3c(O)c4ccccc4c(O)c3c2=N1. The van der Waals surface area contributed by atoms with Gasteiger partial charge in [-0.15, -0.1) is 0 Å². The fourth-order valence-electron chi connectivity index (χ4n) is 2.99. The normalized spacial score (nSPS) is 15.7. The summed E-state index contributed by atoms with van der Waals surface area (Å²) >= 11 is 0. The molecule has 4 nitrogen and oxygen atoms in total. The van der Waals surface area contributed by atoms with Crippen molar-refractivity contribution in [2.45, 2.75) is 19.5 Å². The number of phenols is 2. The van der Waals surface area contributed by atoms with E-state index in [1.54, 1.807) is 18.2 Å². The predicted molar refractivity (Wildman–Crippen MR) is 81.2 cm³/mol. The first-order chi connectivity index (χ1) is 9.98. The zero-order valence-electron chi connectivity index (χ0n) is 11.8. The molecular formula is C17H14N2O2. The Morgan fingerprint density at radius 1 is 0.810 bits per heavy atom. The van der Waals surface area contributed by atoms with Crippen LogP contribution >= 0.6 is 0 Å². The van der Waals surface area contributed by atoms with Gasteiger partial charge in [0.1, 0.15) is 17.2 Å². The second-order valence-corrected chi connectivity index (χ2v) is 5.82. The van der Waals surface area contributed by atoms with Crippen LogP contribution in [0.25, 0.3) is 21.5 Å². The highest BCUT2D eigenvalue weighted by molar-refractivity contribution is 6.10. The van der Waals surface area contributed by atoms with Gasteiger partial charge in [-0.05, 0) is 26.0 Å². The molecule has 1 heterocycles. The van der Waals surface area contributed by atoms with E-state index in [1.807, 2.05) is 32.0 Å². The summed E-state index contributed by atoms with van der Waals surface area (Å²) in [6.07, 6.45) is 0. The van der Waals surface area contributed by atoms with Crippen LogP contribution in [0.4, 0.5) is 0 Å². The lowest BCUT2D eigenvalue weighted by molar-refractivity contribution is 0.478. The number of rotatable bonds is 0. The molecule has 0 fully saturated rings. The first kappa shape index (κ1) is 12.1. The Hall–Kier alpha value is -2.62. The van der Waals surface area contributed by atoms with Gasteiger partial charge in [0.15, 0.2) is 0 Å². The summed E-state index contributed by atoms with van der Waals surface area (Å²) in [4.78, 5) is 9.11. The van der Waals surface area contributed by atoms with Crippen LogP contribution in [0.2, 0.25) is 0 Å². The van der Waals surface area contributed by atoms with Crippen LogP contribution in [-0.4, -0.2) is 15.9 Å². The van der Waals surface area contributed by atoms with E-state index in [1.165, 1.54) is 0 Å². The van der Waals surface area contributed by atoms with Gasteiger partial charge >= 0.3 is 0 Å². The summed E-state index contributed by atoms with van der Waals surface area (Å²) in [6, 6.07) is 10.9. The molecule has 0 atom stereocenters. The van der Waals surface area contributed by atoms with E-state index in [9.17, 15) is 10.2 Å². The molecule has 4 heteroatoms. The van der Waals surface area contributed by atoms with E-state index in [0.29, 0.717) is 26.9 Å². The number of hydrogen-bond acceptors (Lipinski definition) is 4. The molecular weight excluding hydrogens is 264 g/mol. The van der Waals surface area contributed by atoms with Crippen molar-refractivity contribution < 1.29 is 10.2 Å². The monoisotopic (exact) mass is 278 g/mol. The third-order valence-electron chi connectivity index (χ3n) is 3.87. The molecule has 0 unspecified atom stereocenters. The summed E-state index contributed by atoms with van der Waals surface area (Å²) in [7, 11) is 0. The van der Waals surface area contributed by atoms with Gasteiger partial charge in [0.25, 0.3) is 0 Å². The van der Waals surface area contributed by atoms with E-state index >= 15 is 0 Å². The summed E-state index contributed by atoms with van der Waals surface area (Å²) in [5.41, 5.74) is -0.537. The number of benzene rings is 3. The summed E-state index contributed by atoms with van der Waals surface area (Å²) < 4.78 is 0. The standard InChI is InChI=1S/C17H14N2O2/c1-17(2)18-12-8-7-11-13(14(12)19-17)16(21)10-6-4-3-5-9(10)15(11)20/h3-8,20-21H,1-2H3. The molecule has 0 saturated carbocycles. The lowest BCUT2D eigenvalue weighted by Gasteiger charge is -2.09. The van der Waals surface area contributed by atoms with Gasteiger partial charge in [-0.3, -0.25) is 9.98 Å². The second kappa shape index (κ2) is 3.73. The number of fused-ring (bicyclic) bond motifs is 4. The lowest BCUT2D eigenvalue weighted by Crippen LogP contribution is -2.22. The minimum absolute atomic E-state index is 0.145. The lowest BCUT2D eigenvalue weighted by atomic mass is 10.00. The molecule has 0 bridgehead atoms. The molecule has 4 rings (SSSR count). The highest BCUT2D eigenvalue weighted by Crippen LogP contribution is 2.39. The van der Waals surface area contributed by atoms with Gasteiger partial charge in [-0.1, -0.05) is 24.3 Å². The largest absolute Gasteiger partial charge is 0.507 e. The van der Waals surface area contributed by atoms with Gasteiger partial charge in [0.05, 0.1) is 16.1 Å². The van der Waals surface area contributed by atoms with Crippen molar-refractivity contribution in [3.8, 4) is 11.5 Å². The molecule has 21 heavy (non-hydrogen) atoms. The fraction of sp³-hybridized carbons (Fsp3) is 0.176. The van der Waals surface area contributed by atoms with Gasteiger partial charge in [-0.2, -0.15) is 0 Å². The van der Waals surface area contributed by atoms with Crippen molar-refractivity contribution >= 4 is 21.5 Å². The highest BCUT2D eigenvalue weighted by Gasteiger charge is 2.22. The molecule has 2 N–H and O–H groups in total. The average Bonchev–Trinajstić information content (AvgIpc) is 2.78. The van der Waals surface area contributed by atoms with Crippen LogP contribution in [0.1, 0.15) is 13.8 Å². The molecule has 104 valence electrons. The van der Waals surface area contributed by atoms with Gasteiger partial charge in [0.2, 0.25) is 0 Å². The Morgan fingerprint density at radius 2 is 1.48 bits per heavy atom. The maximum Gasteiger partial charge on any atom is 0.146 e. The number of phenolic OH excluding ortho intramolecular Hbond substituents is 2. The maximum atomic E-state index is 10.7. The van der Waals surface area contributed by atoms with Crippen molar-refractivity contribution in [3.63, 3.8) is 0 Å². The van der Waals surface area contributed by atoms with Crippen LogP contribution in [0, 0.1) is 0 Å². The van der Waals surface area contributed by atoms with Crippen molar-refractivity contribution in [3.05, 3.63) is 47.1 Å². The summed E-state index contributed by atoms with van der Waals surface area (Å²) in [5.74, 6) is 0.313. The zero-order valence-corrected chi connectivity index (χ0v) is 11.8. The van der Waals surface area contributed by atoms with Gasteiger partial charge < -0.3 is 10.2 Å². The molecule has 0 radical (unpaired) electrons. The first-order valence-electron chi connectivity index (χ1n) is 6.83. The molecule has 3 aromatic rings. The molecule has 1 aliphatic heterocycles. The molecule has 0 aromatic heterocycles. The zero-order chi connectivity index (χ0) is 14.8. The van der Waals surface area contributed by atoms with Gasteiger partial charge in [0, 0.05) is 16.2 Å². The molecule has 3 aromatic carbocycles. The molecule has 0 saturated heterocycles. The Balaban J connectivity index is 2.35. The molecule has 0 aliphatic carbocycles. The topological polar surface area (TPSA) is 65.2 Å². The number of nitrogens with zero attached hydrogens (tertiary/aromatic N) is 2. The van der Waals surface area contributed by atoms with E-state index in [4.69, 9.17) is 0 Å². The minimum atomic E-state index is -0.537. The maximum absolute atomic E-state index is 10.7. The molecule has 0 amide bonds. The minimum Gasteiger partial charge on any atom is -0.507 e. The third-order valence-corrected chi connectivity index (χ3v) is 3.87. The van der Waals surface area contributed by atoms with E-state index in [-0.39, 0.29) is 11.5 Å². The Bertz CT molecular complexity index is 1040. The Labute approximate surface area is 120 Å². The van der Waals surface area contributed by atoms with E-state index in [0.717, 1.165) is 5.36 Å². The van der Waals surface area contributed by atoms with Crippen LogP contribution in [0.5, 0.6) is 11.5 Å². The van der Waals surface area contributed by atoms with Crippen molar-refractivity contribution in [1.29, 1.82) is 0 Å². The van der Waals surface area contributed by atoms with Gasteiger partial charge in [-0.25, -0.2) is 0 Å². The van der Waals surface area contributed by atoms with Crippen LogP contribution in [0.3, 0.4) is 0 Å². The smallest absolute Gasteiger partial charge is 0.146 e. The number of hydrogen-bond donors (Lipinski definition) is 2. The predicted octanol–water partition coefficient (Wildman–Crippen LogP) is 2.39. The summed E-state index contributed by atoms with van der Waals surface area (Å²) in [6.45, 7) is 3.83. The van der Waals surface area contributed by atoms with Crippen molar-refractivity contribution in [1.82, 2.24) is 0 Å². The van der Waals surface area contributed by atoms with Crippen LogP contribution in [0.15, 0.2) is 46.4 Å². The molecule has 0 spiro atoms. The van der Waals surface area contributed by atoms with E-state index in [2.05, 4.69) is 9.98 Å². The van der Waals surface area contributed by atoms with Crippen LogP contribution < -0.4 is 10.7 Å². The second-order valence-electron chi connectivity index (χ2n) is 5.82. The van der Waals surface area contributed by atoms with Crippen molar-refractivity contribution in [2.75, 3.05) is 0 Å². The van der Waals surface area contributed by atoms with E-state index < -0.39 is 5.66 Å². The quantitative estimate of drug-likeness (QED) is 0.490. The molecule has 1 aliphatic rings. The number of aromatic hydroxyl groups is 2. The Morgan fingerprint density at radius 3 is 2.19 bits per heavy atom. The first-order valence-corrected chi connectivity index (χ1v) is 6.83. The van der Waals surface area contributed by atoms with Crippen molar-refractivity contribution in [2.24, 2.45) is 9.98 Å². The fourth-order valence-corrected chi connectivity index (χ4v) is 2.99. The third kappa shape index (κ3) is 1.56. The summed E-state index contributed by atoms with van der Waals surface area (Å²) in [5, 5.41) is 25.0.